The average molecular weight is 298 g/mol. The van der Waals surface area contributed by atoms with Crippen LogP contribution < -0.4 is 4.74 Å². The Bertz CT molecular complexity index is 820. The highest BCUT2D eigenvalue weighted by molar-refractivity contribution is 6.04. The molecule has 0 bridgehead atoms. The van der Waals surface area contributed by atoms with Crippen LogP contribution in [0.5, 0.6) is 5.75 Å². The molecule has 5 heteroatoms. The first-order valence-electron chi connectivity index (χ1n) is 6.68. The summed E-state index contributed by atoms with van der Waals surface area (Å²) < 4.78 is 10.9. The number of benzene rings is 2. The molecule has 2 N–H and O–H groups in total. The molecule has 0 aliphatic carbocycles. The van der Waals surface area contributed by atoms with Crippen molar-refractivity contribution in [2.24, 2.45) is 0 Å². The van der Waals surface area contributed by atoms with Crippen molar-refractivity contribution >= 4 is 16.9 Å². The van der Waals surface area contributed by atoms with E-state index in [1.54, 1.807) is 18.2 Å². The van der Waals surface area contributed by atoms with Gasteiger partial charge in [0.15, 0.2) is 11.3 Å². The normalized spacial score (nSPS) is 12.3. The van der Waals surface area contributed by atoms with E-state index < -0.39 is 12.1 Å². The summed E-state index contributed by atoms with van der Waals surface area (Å²) in [4.78, 5) is 11.3. The topological polar surface area (TPSA) is 79.9 Å². The highest BCUT2D eigenvalue weighted by Crippen LogP contribution is 2.35. The van der Waals surface area contributed by atoms with Gasteiger partial charge in [-0.15, -0.1) is 0 Å². The van der Waals surface area contributed by atoms with E-state index in [4.69, 9.17) is 9.15 Å². The maximum Gasteiger partial charge on any atom is 0.336 e. The van der Waals surface area contributed by atoms with Gasteiger partial charge >= 0.3 is 5.97 Å². The van der Waals surface area contributed by atoms with E-state index in [1.807, 2.05) is 18.2 Å². The molecule has 0 saturated heterocycles. The lowest BCUT2D eigenvalue weighted by Crippen LogP contribution is -1.97. The Kier molecular flexibility index (Phi) is 3.56. The van der Waals surface area contributed by atoms with E-state index in [-0.39, 0.29) is 11.3 Å². The van der Waals surface area contributed by atoms with Gasteiger partial charge in [-0.1, -0.05) is 30.3 Å². The summed E-state index contributed by atoms with van der Waals surface area (Å²) in [6, 6.07) is 13.5. The third kappa shape index (κ3) is 2.31. The largest absolute Gasteiger partial charge is 0.493 e. The van der Waals surface area contributed by atoms with Gasteiger partial charge in [0, 0.05) is 5.39 Å². The van der Waals surface area contributed by atoms with E-state index in [0.29, 0.717) is 22.3 Å². The number of hydrogen-bond donors (Lipinski definition) is 2. The molecule has 1 heterocycles. The Morgan fingerprint density at radius 1 is 1.18 bits per heavy atom. The lowest BCUT2D eigenvalue weighted by Gasteiger charge is -2.07. The number of carbonyl (C=O) groups is 1. The predicted octanol–water partition coefficient (Wildman–Crippen LogP) is 3.22. The zero-order valence-corrected chi connectivity index (χ0v) is 11.8. The number of hydrogen-bond acceptors (Lipinski definition) is 4. The molecule has 1 atom stereocenters. The van der Waals surface area contributed by atoms with Crippen molar-refractivity contribution in [2.75, 3.05) is 7.11 Å². The van der Waals surface area contributed by atoms with Crippen LogP contribution in [-0.4, -0.2) is 23.3 Å². The highest BCUT2D eigenvalue weighted by Gasteiger charge is 2.21. The fourth-order valence-electron chi connectivity index (χ4n) is 2.40. The van der Waals surface area contributed by atoms with Crippen molar-refractivity contribution in [1.29, 1.82) is 0 Å². The molecule has 1 unspecified atom stereocenters. The Balaban J connectivity index is 2.16. The summed E-state index contributed by atoms with van der Waals surface area (Å²) in [6.07, 6.45) is -0.972. The van der Waals surface area contributed by atoms with Crippen LogP contribution in [0.15, 0.2) is 52.9 Å². The zero-order chi connectivity index (χ0) is 15.7. The first-order valence-corrected chi connectivity index (χ1v) is 6.68. The summed E-state index contributed by atoms with van der Waals surface area (Å²) in [5.74, 6) is -0.367. The maximum absolute atomic E-state index is 11.3. The first kappa shape index (κ1) is 14.2. The van der Waals surface area contributed by atoms with Crippen molar-refractivity contribution in [1.82, 2.24) is 0 Å². The van der Waals surface area contributed by atoms with E-state index in [1.165, 1.54) is 19.2 Å². The quantitative estimate of drug-likeness (QED) is 0.773. The van der Waals surface area contributed by atoms with Crippen molar-refractivity contribution in [2.45, 2.75) is 6.10 Å². The fourth-order valence-corrected chi connectivity index (χ4v) is 2.40. The Hall–Kier alpha value is -2.79. The van der Waals surface area contributed by atoms with Crippen molar-refractivity contribution < 1.29 is 24.2 Å². The Morgan fingerprint density at radius 3 is 2.55 bits per heavy atom. The number of rotatable bonds is 4. The second-order valence-corrected chi connectivity index (χ2v) is 4.83. The summed E-state index contributed by atoms with van der Waals surface area (Å²) in [5.41, 5.74) is 1.08. The van der Waals surface area contributed by atoms with Gasteiger partial charge < -0.3 is 19.4 Å². The summed E-state index contributed by atoms with van der Waals surface area (Å²) >= 11 is 0. The molecule has 1 aromatic heterocycles. The number of aliphatic hydroxyl groups is 1. The molecule has 0 fully saturated rings. The van der Waals surface area contributed by atoms with E-state index >= 15 is 0 Å². The lowest BCUT2D eigenvalue weighted by molar-refractivity contribution is 0.0699. The van der Waals surface area contributed by atoms with Crippen LogP contribution in [0.1, 0.15) is 27.8 Å². The molecule has 2 aromatic carbocycles. The molecular weight excluding hydrogens is 284 g/mol. The molecule has 0 spiro atoms. The number of methoxy groups -OCH3 is 1. The molecule has 22 heavy (non-hydrogen) atoms. The van der Waals surface area contributed by atoms with E-state index in [2.05, 4.69) is 0 Å². The van der Waals surface area contributed by atoms with Crippen LogP contribution in [0.3, 0.4) is 0 Å². The molecule has 0 amide bonds. The molecule has 112 valence electrons. The van der Waals surface area contributed by atoms with Crippen molar-refractivity contribution in [3.63, 3.8) is 0 Å². The number of aromatic carboxylic acids is 1. The van der Waals surface area contributed by atoms with Gasteiger partial charge in [0.25, 0.3) is 0 Å². The lowest BCUT2D eigenvalue weighted by atomic mass is 10.1. The second kappa shape index (κ2) is 5.54. The number of aliphatic hydroxyl groups excluding tert-OH is 1. The second-order valence-electron chi connectivity index (χ2n) is 4.83. The van der Waals surface area contributed by atoms with Crippen LogP contribution in [0.25, 0.3) is 11.0 Å². The smallest absolute Gasteiger partial charge is 0.336 e. The van der Waals surface area contributed by atoms with Gasteiger partial charge in [0.1, 0.15) is 11.9 Å². The number of furan rings is 1. The molecule has 3 rings (SSSR count). The van der Waals surface area contributed by atoms with Gasteiger partial charge in [-0.05, 0) is 23.8 Å². The molecule has 5 nitrogen and oxygen atoms in total. The fraction of sp³-hybridized carbons (Fsp3) is 0.118. The van der Waals surface area contributed by atoms with Crippen LogP contribution in [0.4, 0.5) is 0 Å². The van der Waals surface area contributed by atoms with Crippen molar-refractivity contribution in [3.05, 3.63) is 65.4 Å². The number of carboxylic acid groups (broad SMARTS) is 1. The van der Waals surface area contributed by atoms with Gasteiger partial charge in [0.05, 0.1) is 12.7 Å². The third-order valence-electron chi connectivity index (χ3n) is 3.50. The molecular formula is C17H14O5. The average Bonchev–Trinajstić information content (AvgIpc) is 2.98. The number of ether oxygens (including phenoxy) is 1. The van der Waals surface area contributed by atoms with Crippen LogP contribution in [0, 0.1) is 0 Å². The number of carboxylic acids is 1. The standard InChI is InChI=1S/C17H14O5/c1-21-13-8-7-11(17(19)20)12-9-14(22-16(12)13)15(18)10-5-3-2-4-6-10/h2-9,15,18H,1H3,(H,19,20). The van der Waals surface area contributed by atoms with Gasteiger partial charge in [-0.3, -0.25) is 0 Å². The third-order valence-corrected chi connectivity index (χ3v) is 3.50. The van der Waals surface area contributed by atoms with E-state index in [9.17, 15) is 15.0 Å². The molecule has 0 aliphatic heterocycles. The molecule has 3 aromatic rings. The molecule has 0 saturated carbocycles. The Morgan fingerprint density at radius 2 is 1.91 bits per heavy atom. The monoisotopic (exact) mass is 298 g/mol. The predicted molar refractivity (Wildman–Crippen MR) is 80.2 cm³/mol. The zero-order valence-electron chi connectivity index (χ0n) is 11.8. The highest BCUT2D eigenvalue weighted by atomic mass is 16.5. The van der Waals surface area contributed by atoms with E-state index in [0.717, 1.165) is 0 Å². The summed E-state index contributed by atoms with van der Waals surface area (Å²) in [6.45, 7) is 0. The van der Waals surface area contributed by atoms with Gasteiger partial charge in [-0.2, -0.15) is 0 Å². The molecule has 0 radical (unpaired) electrons. The Labute approximate surface area is 126 Å². The molecule has 0 aliphatic rings. The minimum absolute atomic E-state index is 0.103. The van der Waals surface area contributed by atoms with Crippen LogP contribution in [-0.2, 0) is 0 Å². The minimum Gasteiger partial charge on any atom is -0.493 e. The summed E-state index contributed by atoms with van der Waals surface area (Å²) in [7, 11) is 1.48. The van der Waals surface area contributed by atoms with Gasteiger partial charge in [0.2, 0.25) is 0 Å². The minimum atomic E-state index is -1.06. The van der Waals surface area contributed by atoms with Gasteiger partial charge in [-0.25, -0.2) is 4.79 Å². The van der Waals surface area contributed by atoms with Crippen LogP contribution >= 0.6 is 0 Å². The van der Waals surface area contributed by atoms with Crippen LogP contribution in [0.2, 0.25) is 0 Å². The number of fused-ring (bicyclic) bond motifs is 1. The SMILES string of the molecule is COc1ccc(C(=O)O)c2cc(C(O)c3ccccc3)oc12. The summed E-state index contributed by atoms with van der Waals surface area (Å²) in [5, 5.41) is 20.1. The maximum atomic E-state index is 11.3. The van der Waals surface area contributed by atoms with Crippen molar-refractivity contribution in [3.8, 4) is 5.75 Å². The first-order chi connectivity index (χ1) is 10.6.